The van der Waals surface area contributed by atoms with E-state index in [1.54, 1.807) is 20.8 Å². The van der Waals surface area contributed by atoms with E-state index in [1.807, 2.05) is 0 Å². The molecule has 1 heterocycles. The number of amides is 1. The summed E-state index contributed by atoms with van der Waals surface area (Å²) >= 11 is 5.62. The molecule has 0 bridgehead atoms. The first-order valence-corrected chi connectivity index (χ1v) is 6.02. The van der Waals surface area contributed by atoms with Gasteiger partial charge in [-0.15, -0.1) is 0 Å². The lowest BCUT2D eigenvalue weighted by Crippen LogP contribution is -2.27. The van der Waals surface area contributed by atoms with Crippen molar-refractivity contribution in [1.82, 2.24) is 4.98 Å². The van der Waals surface area contributed by atoms with E-state index < -0.39 is 28.6 Å². The number of hydrogen-bond donors (Lipinski definition) is 1. The summed E-state index contributed by atoms with van der Waals surface area (Å²) in [7, 11) is 0. The molecule has 112 valence electrons. The Morgan fingerprint density at radius 3 is 2.35 bits per heavy atom. The molecule has 0 unspecified atom stereocenters. The standard InChI is InChI=1S/C12H14ClF3N2O2/c1-6-7(18-10(19)20-11(2,3)4)5-17-9(8(6)13)12(14,15)16/h5H,1-4H3,(H,18,19). The smallest absolute Gasteiger partial charge is 0.434 e. The minimum atomic E-state index is -4.65. The monoisotopic (exact) mass is 310 g/mol. The summed E-state index contributed by atoms with van der Waals surface area (Å²) < 4.78 is 42.8. The van der Waals surface area contributed by atoms with Crippen LogP contribution in [-0.4, -0.2) is 16.7 Å². The largest absolute Gasteiger partial charge is 0.444 e. The van der Waals surface area contributed by atoms with E-state index in [0.29, 0.717) is 0 Å². The third-order valence-corrected chi connectivity index (χ3v) is 2.63. The SMILES string of the molecule is Cc1c(NC(=O)OC(C)(C)C)cnc(C(F)(F)F)c1Cl. The van der Waals surface area contributed by atoms with Crippen LogP contribution in [0.25, 0.3) is 0 Å². The van der Waals surface area contributed by atoms with E-state index in [1.165, 1.54) is 6.92 Å². The second-order valence-corrected chi connectivity index (χ2v) is 5.46. The van der Waals surface area contributed by atoms with Crippen LogP contribution in [0.2, 0.25) is 5.02 Å². The highest BCUT2D eigenvalue weighted by Crippen LogP contribution is 2.36. The lowest BCUT2D eigenvalue weighted by Gasteiger charge is -2.20. The Labute approximate surface area is 119 Å². The minimum Gasteiger partial charge on any atom is -0.444 e. The van der Waals surface area contributed by atoms with Crippen LogP contribution in [0.4, 0.5) is 23.7 Å². The molecule has 1 rings (SSSR count). The molecule has 20 heavy (non-hydrogen) atoms. The van der Waals surface area contributed by atoms with Gasteiger partial charge in [0.2, 0.25) is 0 Å². The summed E-state index contributed by atoms with van der Waals surface area (Å²) in [5.74, 6) is 0. The summed E-state index contributed by atoms with van der Waals surface area (Å²) in [5.41, 5.74) is -1.77. The highest BCUT2D eigenvalue weighted by Gasteiger charge is 2.36. The van der Waals surface area contributed by atoms with Crippen LogP contribution in [0, 0.1) is 6.92 Å². The Morgan fingerprint density at radius 2 is 1.90 bits per heavy atom. The molecule has 0 fully saturated rings. The Kier molecular flexibility index (Phi) is 4.53. The van der Waals surface area contributed by atoms with E-state index in [0.717, 1.165) is 6.20 Å². The van der Waals surface area contributed by atoms with E-state index in [4.69, 9.17) is 16.3 Å². The van der Waals surface area contributed by atoms with E-state index in [2.05, 4.69) is 10.3 Å². The van der Waals surface area contributed by atoms with Gasteiger partial charge in [-0.25, -0.2) is 9.78 Å². The number of pyridine rings is 1. The molecule has 0 aromatic carbocycles. The van der Waals surface area contributed by atoms with Gasteiger partial charge < -0.3 is 4.74 Å². The number of hydrogen-bond acceptors (Lipinski definition) is 3. The molecule has 0 aliphatic heterocycles. The number of nitrogens with zero attached hydrogens (tertiary/aromatic N) is 1. The van der Waals surface area contributed by atoms with E-state index in [9.17, 15) is 18.0 Å². The van der Waals surface area contributed by atoms with Crippen molar-refractivity contribution in [2.45, 2.75) is 39.5 Å². The molecule has 0 spiro atoms. The van der Waals surface area contributed by atoms with E-state index >= 15 is 0 Å². The predicted octanol–water partition coefficient (Wildman–Crippen LogP) is 4.41. The third kappa shape index (κ3) is 4.26. The van der Waals surface area contributed by atoms with Crippen molar-refractivity contribution in [3.8, 4) is 0 Å². The van der Waals surface area contributed by atoms with Gasteiger partial charge in [0.1, 0.15) is 5.60 Å². The molecule has 1 N–H and O–H groups in total. The maximum atomic E-state index is 12.6. The van der Waals surface area contributed by atoms with Crippen LogP contribution in [0.3, 0.4) is 0 Å². The number of anilines is 1. The quantitative estimate of drug-likeness (QED) is 0.836. The maximum Gasteiger partial charge on any atom is 0.434 e. The Bertz CT molecular complexity index is 525. The van der Waals surface area contributed by atoms with Gasteiger partial charge in [-0.05, 0) is 33.3 Å². The highest BCUT2D eigenvalue weighted by atomic mass is 35.5. The zero-order valence-electron chi connectivity index (χ0n) is 11.4. The van der Waals surface area contributed by atoms with Crippen LogP contribution < -0.4 is 5.32 Å². The fourth-order valence-electron chi connectivity index (χ4n) is 1.32. The van der Waals surface area contributed by atoms with Crippen LogP contribution >= 0.6 is 11.6 Å². The number of rotatable bonds is 1. The van der Waals surface area contributed by atoms with Crippen molar-refractivity contribution in [1.29, 1.82) is 0 Å². The molecular formula is C12H14ClF3N2O2. The summed E-state index contributed by atoms with van der Waals surface area (Å²) in [6.45, 7) is 6.35. The number of carbonyl (C=O) groups is 1. The number of aromatic nitrogens is 1. The molecule has 0 aliphatic carbocycles. The molecule has 0 saturated heterocycles. The van der Waals surface area contributed by atoms with Crippen molar-refractivity contribution < 1.29 is 22.7 Å². The lowest BCUT2D eigenvalue weighted by molar-refractivity contribution is -0.141. The van der Waals surface area contributed by atoms with Gasteiger partial charge in [0.05, 0.1) is 16.9 Å². The average molecular weight is 311 g/mol. The molecule has 8 heteroatoms. The summed E-state index contributed by atoms with van der Waals surface area (Å²) in [4.78, 5) is 14.8. The van der Waals surface area contributed by atoms with Crippen LogP contribution in [-0.2, 0) is 10.9 Å². The van der Waals surface area contributed by atoms with E-state index in [-0.39, 0.29) is 11.3 Å². The molecule has 0 radical (unpaired) electrons. The molecule has 1 amide bonds. The molecule has 0 aliphatic rings. The van der Waals surface area contributed by atoms with Gasteiger partial charge in [-0.1, -0.05) is 11.6 Å². The number of halogens is 4. The zero-order chi connectivity index (χ0) is 15.7. The van der Waals surface area contributed by atoms with Crippen molar-refractivity contribution in [3.05, 3.63) is 22.5 Å². The first kappa shape index (κ1) is 16.6. The molecule has 4 nitrogen and oxygen atoms in total. The molecule has 1 aromatic heterocycles. The fourth-order valence-corrected chi connectivity index (χ4v) is 1.57. The zero-order valence-corrected chi connectivity index (χ0v) is 12.1. The van der Waals surface area contributed by atoms with Gasteiger partial charge >= 0.3 is 12.3 Å². The van der Waals surface area contributed by atoms with Crippen molar-refractivity contribution in [2.75, 3.05) is 5.32 Å². The van der Waals surface area contributed by atoms with Crippen LogP contribution in [0.15, 0.2) is 6.20 Å². The van der Waals surface area contributed by atoms with Crippen molar-refractivity contribution in [2.24, 2.45) is 0 Å². The number of alkyl halides is 3. The fraction of sp³-hybridized carbons (Fsp3) is 0.500. The van der Waals surface area contributed by atoms with Gasteiger partial charge in [-0.2, -0.15) is 13.2 Å². The maximum absolute atomic E-state index is 12.6. The normalized spacial score (nSPS) is 12.2. The Hall–Kier alpha value is -1.50. The number of nitrogens with one attached hydrogen (secondary N) is 1. The summed E-state index contributed by atoms with van der Waals surface area (Å²) in [6.07, 6.45) is -4.54. The second-order valence-electron chi connectivity index (χ2n) is 5.08. The van der Waals surface area contributed by atoms with Crippen LogP contribution in [0.5, 0.6) is 0 Å². The average Bonchev–Trinajstić information content (AvgIpc) is 2.20. The molecule has 0 atom stereocenters. The molecule has 1 aromatic rings. The van der Waals surface area contributed by atoms with Crippen molar-refractivity contribution in [3.63, 3.8) is 0 Å². The summed E-state index contributed by atoms with van der Waals surface area (Å²) in [6, 6.07) is 0. The Morgan fingerprint density at radius 1 is 1.35 bits per heavy atom. The van der Waals surface area contributed by atoms with Crippen molar-refractivity contribution >= 4 is 23.4 Å². The van der Waals surface area contributed by atoms with Gasteiger partial charge in [0, 0.05) is 0 Å². The lowest BCUT2D eigenvalue weighted by atomic mass is 10.2. The minimum absolute atomic E-state index is 0.0669. The van der Waals surface area contributed by atoms with Gasteiger partial charge in [0.15, 0.2) is 5.69 Å². The highest BCUT2D eigenvalue weighted by molar-refractivity contribution is 6.32. The van der Waals surface area contributed by atoms with Crippen LogP contribution in [0.1, 0.15) is 32.0 Å². The summed E-state index contributed by atoms with van der Waals surface area (Å²) in [5, 5.41) is 1.76. The van der Waals surface area contributed by atoms with Gasteiger partial charge in [-0.3, -0.25) is 5.32 Å². The topological polar surface area (TPSA) is 51.2 Å². The third-order valence-electron chi connectivity index (χ3n) is 2.17. The predicted molar refractivity (Wildman–Crippen MR) is 68.8 cm³/mol. The second kappa shape index (κ2) is 5.47. The number of ether oxygens (including phenoxy) is 1. The molecule has 0 saturated carbocycles. The van der Waals surface area contributed by atoms with Gasteiger partial charge in [0.25, 0.3) is 0 Å². The number of carbonyl (C=O) groups excluding carboxylic acids is 1. The Balaban J connectivity index is 3.00. The first-order valence-electron chi connectivity index (χ1n) is 5.64. The molecular weight excluding hydrogens is 297 g/mol. The first-order chi connectivity index (χ1) is 8.92.